The second-order valence-electron chi connectivity index (χ2n) is 6.49. The second kappa shape index (κ2) is 5.31. The Morgan fingerprint density at radius 2 is 1.91 bits per heavy atom. The lowest BCUT2D eigenvalue weighted by atomic mass is 9.84. The Hall–Kier alpha value is -1.93. The topological polar surface area (TPSA) is 75.0 Å². The van der Waals surface area contributed by atoms with E-state index in [9.17, 15) is 4.79 Å². The molecule has 122 valence electrons. The van der Waals surface area contributed by atoms with E-state index in [0.717, 1.165) is 0 Å². The molecule has 1 aliphatic rings. The zero-order valence-electron chi connectivity index (χ0n) is 14.0. The molecule has 23 heavy (non-hydrogen) atoms. The van der Waals surface area contributed by atoms with Crippen molar-refractivity contribution in [2.24, 2.45) is 0 Å². The highest BCUT2D eigenvalue weighted by molar-refractivity contribution is 6.61. The summed E-state index contributed by atoms with van der Waals surface area (Å²) in [6, 6.07) is 3.55. The lowest BCUT2D eigenvalue weighted by Gasteiger charge is -2.32. The van der Waals surface area contributed by atoms with Gasteiger partial charge in [-0.05, 0) is 46.8 Å². The molecule has 0 saturated carbocycles. The average Bonchev–Trinajstić information content (AvgIpc) is 2.97. The summed E-state index contributed by atoms with van der Waals surface area (Å²) in [7, 11) is -0.558. The van der Waals surface area contributed by atoms with Crippen LogP contribution in [0.1, 0.15) is 45.1 Å². The fourth-order valence-corrected chi connectivity index (χ4v) is 2.35. The molecule has 0 spiro atoms. The van der Waals surface area contributed by atoms with Gasteiger partial charge in [0.25, 0.3) is 0 Å². The fourth-order valence-electron chi connectivity index (χ4n) is 2.35. The smallest absolute Gasteiger partial charge is 0.461 e. The predicted octanol–water partition coefficient (Wildman–Crippen LogP) is 1.21. The van der Waals surface area contributed by atoms with E-state index in [1.807, 2.05) is 27.7 Å². The van der Waals surface area contributed by atoms with Crippen molar-refractivity contribution in [3.8, 4) is 0 Å². The van der Waals surface area contributed by atoms with Crippen LogP contribution in [-0.4, -0.2) is 45.5 Å². The fraction of sp³-hybridized carbons (Fsp3) is 0.533. The largest absolute Gasteiger partial charge is 0.516 e. The van der Waals surface area contributed by atoms with Gasteiger partial charge in [-0.3, -0.25) is 0 Å². The van der Waals surface area contributed by atoms with E-state index < -0.39 is 24.3 Å². The van der Waals surface area contributed by atoms with Crippen molar-refractivity contribution >= 4 is 24.2 Å². The second-order valence-corrected chi connectivity index (χ2v) is 6.49. The summed E-state index contributed by atoms with van der Waals surface area (Å²) >= 11 is 0. The summed E-state index contributed by atoms with van der Waals surface area (Å²) in [6.45, 7) is 10.0. The van der Waals surface area contributed by atoms with Gasteiger partial charge in [-0.2, -0.15) is 5.10 Å². The SMILES string of the molecule is CCOC(=O)c1ncn2nc(B3OC(C)(C)C(C)(C)O3)ccc12. The highest BCUT2D eigenvalue weighted by Crippen LogP contribution is 2.36. The first-order chi connectivity index (χ1) is 10.7. The molecule has 8 heteroatoms. The highest BCUT2D eigenvalue weighted by atomic mass is 16.7. The van der Waals surface area contributed by atoms with Crippen LogP contribution >= 0.6 is 0 Å². The van der Waals surface area contributed by atoms with Crippen molar-refractivity contribution in [1.82, 2.24) is 14.6 Å². The number of imidazole rings is 1. The summed E-state index contributed by atoms with van der Waals surface area (Å²) in [5.41, 5.74) is 0.603. The number of aromatic nitrogens is 3. The lowest BCUT2D eigenvalue weighted by molar-refractivity contribution is 0.00578. The van der Waals surface area contributed by atoms with Crippen LogP contribution in [0.3, 0.4) is 0 Å². The maximum Gasteiger partial charge on any atom is 0.516 e. The molecule has 0 amide bonds. The molecular weight excluding hydrogens is 297 g/mol. The maximum atomic E-state index is 11.9. The van der Waals surface area contributed by atoms with E-state index in [1.165, 1.54) is 10.8 Å². The minimum Gasteiger partial charge on any atom is -0.461 e. The number of hydrogen-bond donors (Lipinski definition) is 0. The van der Waals surface area contributed by atoms with Crippen LogP contribution < -0.4 is 5.59 Å². The van der Waals surface area contributed by atoms with Gasteiger partial charge in [-0.25, -0.2) is 14.3 Å². The molecule has 0 unspecified atom stereocenters. The molecule has 0 bridgehead atoms. The van der Waals surface area contributed by atoms with E-state index >= 15 is 0 Å². The van der Waals surface area contributed by atoms with Crippen molar-refractivity contribution in [1.29, 1.82) is 0 Å². The van der Waals surface area contributed by atoms with Gasteiger partial charge in [-0.15, -0.1) is 0 Å². The Kier molecular flexibility index (Phi) is 3.69. The van der Waals surface area contributed by atoms with Crippen LogP contribution in [0, 0.1) is 0 Å². The molecule has 7 nitrogen and oxygen atoms in total. The van der Waals surface area contributed by atoms with Crippen molar-refractivity contribution < 1.29 is 18.8 Å². The minimum absolute atomic E-state index is 0.250. The third-order valence-electron chi connectivity index (χ3n) is 4.38. The Morgan fingerprint density at radius 3 is 2.52 bits per heavy atom. The molecule has 1 aliphatic heterocycles. The number of fused-ring (bicyclic) bond motifs is 1. The number of nitrogens with zero attached hydrogens (tertiary/aromatic N) is 3. The number of rotatable bonds is 3. The van der Waals surface area contributed by atoms with Gasteiger partial charge < -0.3 is 14.0 Å². The molecule has 3 rings (SSSR count). The molecular formula is C15H20BN3O4. The molecule has 0 atom stereocenters. The van der Waals surface area contributed by atoms with Crippen molar-refractivity contribution in [3.05, 3.63) is 24.2 Å². The molecule has 3 heterocycles. The van der Waals surface area contributed by atoms with Gasteiger partial charge >= 0.3 is 13.1 Å². The first-order valence-electron chi connectivity index (χ1n) is 7.62. The van der Waals surface area contributed by atoms with Crippen molar-refractivity contribution in [2.75, 3.05) is 6.61 Å². The van der Waals surface area contributed by atoms with E-state index in [-0.39, 0.29) is 5.69 Å². The van der Waals surface area contributed by atoms with Crippen LogP contribution in [0.25, 0.3) is 5.52 Å². The van der Waals surface area contributed by atoms with E-state index in [4.69, 9.17) is 14.0 Å². The lowest BCUT2D eigenvalue weighted by Crippen LogP contribution is -2.41. The summed E-state index contributed by atoms with van der Waals surface area (Å²) in [4.78, 5) is 15.9. The Bertz CT molecular complexity index is 740. The summed E-state index contributed by atoms with van der Waals surface area (Å²) in [5.74, 6) is -0.458. The highest BCUT2D eigenvalue weighted by Gasteiger charge is 2.52. The third kappa shape index (κ3) is 2.62. The molecule has 0 aliphatic carbocycles. The molecule has 1 fully saturated rings. The number of hydrogen-bond acceptors (Lipinski definition) is 6. The molecule has 0 N–H and O–H groups in total. The average molecular weight is 317 g/mol. The first-order valence-corrected chi connectivity index (χ1v) is 7.62. The third-order valence-corrected chi connectivity index (χ3v) is 4.38. The quantitative estimate of drug-likeness (QED) is 0.626. The minimum atomic E-state index is -0.558. The van der Waals surface area contributed by atoms with Crippen LogP contribution in [0.5, 0.6) is 0 Å². The molecule has 0 radical (unpaired) electrons. The first kappa shape index (κ1) is 16.0. The van der Waals surface area contributed by atoms with E-state index in [2.05, 4.69) is 10.1 Å². The molecule has 1 saturated heterocycles. The van der Waals surface area contributed by atoms with E-state index in [0.29, 0.717) is 17.7 Å². The zero-order valence-corrected chi connectivity index (χ0v) is 14.0. The maximum absolute atomic E-state index is 11.9. The number of carbonyl (C=O) groups excluding carboxylic acids is 1. The van der Waals surface area contributed by atoms with Crippen LogP contribution in [0.4, 0.5) is 0 Å². The van der Waals surface area contributed by atoms with Gasteiger partial charge in [0.15, 0.2) is 5.69 Å². The summed E-state index contributed by atoms with van der Waals surface area (Å²) < 4.78 is 18.5. The van der Waals surface area contributed by atoms with Gasteiger partial charge in [0.1, 0.15) is 6.33 Å². The predicted molar refractivity (Wildman–Crippen MR) is 84.7 cm³/mol. The molecule has 2 aromatic rings. The standard InChI is InChI=1S/C15H20BN3O4/c1-6-21-13(20)12-10-7-8-11(18-19(10)9-17-12)16-22-14(2,3)15(4,5)23-16/h7-9H,6H2,1-5H3. The van der Waals surface area contributed by atoms with Crippen LogP contribution in [0.2, 0.25) is 0 Å². The molecule has 2 aromatic heterocycles. The molecule has 0 aromatic carbocycles. The summed E-state index contributed by atoms with van der Waals surface area (Å²) in [6.07, 6.45) is 1.48. The monoisotopic (exact) mass is 317 g/mol. The van der Waals surface area contributed by atoms with Crippen LogP contribution in [-0.2, 0) is 14.0 Å². The van der Waals surface area contributed by atoms with Crippen molar-refractivity contribution in [2.45, 2.75) is 45.8 Å². The number of esters is 1. The van der Waals surface area contributed by atoms with Crippen LogP contribution in [0.15, 0.2) is 18.5 Å². The van der Waals surface area contributed by atoms with Crippen molar-refractivity contribution in [3.63, 3.8) is 0 Å². The van der Waals surface area contributed by atoms with Gasteiger partial charge in [0.2, 0.25) is 0 Å². The van der Waals surface area contributed by atoms with Gasteiger partial charge in [-0.1, -0.05) is 0 Å². The summed E-state index contributed by atoms with van der Waals surface area (Å²) in [5, 5.41) is 4.45. The Morgan fingerprint density at radius 1 is 1.26 bits per heavy atom. The Balaban J connectivity index is 1.92. The zero-order chi connectivity index (χ0) is 16.8. The number of carbonyl (C=O) groups is 1. The Labute approximate surface area is 135 Å². The number of ether oxygens (including phenoxy) is 1. The van der Waals surface area contributed by atoms with E-state index in [1.54, 1.807) is 19.1 Å². The normalized spacial score (nSPS) is 19.3. The van der Waals surface area contributed by atoms with Gasteiger partial charge in [0, 0.05) is 0 Å². The van der Waals surface area contributed by atoms with Gasteiger partial charge in [0.05, 0.1) is 28.9 Å².